The summed E-state index contributed by atoms with van der Waals surface area (Å²) in [5, 5.41) is 9.04. The first-order chi connectivity index (χ1) is 15.1. The Morgan fingerprint density at radius 2 is 1.58 bits per heavy atom. The average Bonchev–Trinajstić information content (AvgIpc) is 3.05. The fourth-order valence-corrected chi connectivity index (χ4v) is 4.28. The van der Waals surface area contributed by atoms with E-state index < -0.39 is 5.91 Å². The number of rotatable bonds is 6. The summed E-state index contributed by atoms with van der Waals surface area (Å²) in [6, 6.07) is 25.1. The fourth-order valence-electron chi connectivity index (χ4n) is 3.27. The van der Waals surface area contributed by atoms with Crippen molar-refractivity contribution in [3.05, 3.63) is 94.9 Å². The van der Waals surface area contributed by atoms with Crippen LogP contribution in [0.1, 0.15) is 18.1 Å². The summed E-state index contributed by atoms with van der Waals surface area (Å²) in [5.74, 6) is -0.0745. The van der Waals surface area contributed by atoms with E-state index in [-0.39, 0.29) is 5.91 Å². The van der Waals surface area contributed by atoms with Crippen LogP contribution in [0.4, 0.5) is 5.69 Å². The third-order valence-electron chi connectivity index (χ3n) is 4.71. The van der Waals surface area contributed by atoms with Crippen molar-refractivity contribution < 1.29 is 14.3 Å². The highest BCUT2D eigenvalue weighted by Gasteiger charge is 2.40. The van der Waals surface area contributed by atoms with Crippen LogP contribution < -0.4 is 9.64 Å². The Hall–Kier alpha value is -3.82. The largest absolute Gasteiger partial charge is 0.494 e. The molecule has 0 spiro atoms. The topological polar surface area (TPSA) is 70.4 Å². The molecule has 0 saturated carbocycles. The van der Waals surface area contributed by atoms with Gasteiger partial charge in [-0.25, -0.2) is 4.90 Å². The number of carbonyl (C=O) groups is 2. The van der Waals surface area contributed by atoms with Crippen LogP contribution in [0.2, 0.25) is 0 Å². The van der Waals surface area contributed by atoms with Gasteiger partial charge in [0, 0.05) is 4.90 Å². The van der Waals surface area contributed by atoms with Crippen molar-refractivity contribution in [1.82, 2.24) is 0 Å². The number of nitriles is 1. The molecule has 2 amide bonds. The lowest BCUT2D eigenvalue weighted by molar-refractivity contribution is -0.119. The Kier molecular flexibility index (Phi) is 5.87. The number of hydrogen-bond donors (Lipinski definition) is 0. The van der Waals surface area contributed by atoms with Crippen LogP contribution in [-0.2, 0) is 9.59 Å². The molecule has 0 saturated heterocycles. The van der Waals surface area contributed by atoms with Gasteiger partial charge in [-0.1, -0.05) is 42.1 Å². The average molecular weight is 426 g/mol. The van der Waals surface area contributed by atoms with Crippen LogP contribution in [0.25, 0.3) is 5.57 Å². The van der Waals surface area contributed by atoms with Gasteiger partial charge in [-0.05, 0) is 61.0 Å². The Labute approximate surface area is 184 Å². The molecule has 0 N–H and O–H groups in total. The van der Waals surface area contributed by atoms with E-state index >= 15 is 0 Å². The first kappa shape index (κ1) is 20.5. The van der Waals surface area contributed by atoms with Crippen LogP contribution in [0.15, 0.2) is 88.7 Å². The van der Waals surface area contributed by atoms with Gasteiger partial charge < -0.3 is 4.74 Å². The van der Waals surface area contributed by atoms with Gasteiger partial charge in [0.05, 0.1) is 34.4 Å². The van der Waals surface area contributed by atoms with Crippen molar-refractivity contribution in [1.29, 1.82) is 5.26 Å². The number of carbonyl (C=O) groups excluding carboxylic acids is 2. The number of anilines is 1. The van der Waals surface area contributed by atoms with Gasteiger partial charge in [0.15, 0.2) is 0 Å². The second kappa shape index (κ2) is 8.90. The van der Waals surface area contributed by atoms with E-state index in [2.05, 4.69) is 0 Å². The summed E-state index contributed by atoms with van der Waals surface area (Å²) in [7, 11) is 0. The lowest BCUT2D eigenvalue weighted by Gasteiger charge is -2.15. The van der Waals surface area contributed by atoms with Crippen molar-refractivity contribution in [2.45, 2.75) is 11.8 Å². The summed E-state index contributed by atoms with van der Waals surface area (Å²) >= 11 is 1.27. The predicted molar refractivity (Wildman–Crippen MR) is 120 cm³/mol. The Balaban J connectivity index is 1.77. The monoisotopic (exact) mass is 426 g/mol. The van der Waals surface area contributed by atoms with Crippen LogP contribution >= 0.6 is 11.8 Å². The zero-order valence-corrected chi connectivity index (χ0v) is 17.6. The predicted octanol–water partition coefficient (Wildman–Crippen LogP) is 5.03. The van der Waals surface area contributed by atoms with E-state index in [1.165, 1.54) is 11.8 Å². The van der Waals surface area contributed by atoms with Crippen LogP contribution in [0.5, 0.6) is 5.75 Å². The lowest BCUT2D eigenvalue weighted by atomic mass is 10.1. The van der Waals surface area contributed by atoms with Gasteiger partial charge in [0.2, 0.25) is 0 Å². The van der Waals surface area contributed by atoms with E-state index in [0.29, 0.717) is 39.6 Å². The third kappa shape index (κ3) is 4.09. The highest BCUT2D eigenvalue weighted by Crippen LogP contribution is 2.41. The van der Waals surface area contributed by atoms with Crippen LogP contribution in [0, 0.1) is 11.3 Å². The maximum atomic E-state index is 13.4. The minimum absolute atomic E-state index is 0.353. The second-order valence-electron chi connectivity index (χ2n) is 6.68. The fraction of sp³-hybridized carbons (Fsp3) is 0.0800. The second-order valence-corrected chi connectivity index (χ2v) is 7.76. The minimum Gasteiger partial charge on any atom is -0.494 e. The maximum absolute atomic E-state index is 13.4. The van der Waals surface area contributed by atoms with Crippen molar-refractivity contribution >= 4 is 34.8 Å². The normalized spacial score (nSPS) is 13.5. The van der Waals surface area contributed by atoms with Gasteiger partial charge in [-0.2, -0.15) is 5.26 Å². The number of imide groups is 1. The maximum Gasteiger partial charge on any atom is 0.272 e. The molecule has 4 rings (SSSR count). The van der Waals surface area contributed by atoms with Crippen molar-refractivity contribution in [2.75, 3.05) is 11.5 Å². The summed E-state index contributed by atoms with van der Waals surface area (Å²) in [6.07, 6.45) is 0. The van der Waals surface area contributed by atoms with Crippen molar-refractivity contribution in [3.8, 4) is 11.8 Å². The molecule has 0 unspecified atom stereocenters. The molecule has 1 aliphatic heterocycles. The van der Waals surface area contributed by atoms with Gasteiger partial charge in [-0.3, -0.25) is 9.59 Å². The smallest absolute Gasteiger partial charge is 0.272 e. The lowest BCUT2D eigenvalue weighted by Crippen LogP contribution is -2.31. The molecule has 5 nitrogen and oxygen atoms in total. The number of amides is 2. The Bertz CT molecular complexity index is 1190. The number of hydrogen-bond acceptors (Lipinski definition) is 5. The summed E-state index contributed by atoms with van der Waals surface area (Å²) in [5.41, 5.74) is 1.89. The number of nitrogens with zero attached hydrogens (tertiary/aromatic N) is 2. The molecular formula is C25H18N2O3S. The van der Waals surface area contributed by atoms with Crippen LogP contribution in [0.3, 0.4) is 0 Å². The SMILES string of the molecule is CCOc1ccc(C2=C(Sc3ccccc3)C(=O)N(c3ccc(C#N)cc3)C2=O)cc1. The van der Waals surface area contributed by atoms with E-state index in [0.717, 1.165) is 9.80 Å². The molecule has 0 atom stereocenters. The summed E-state index contributed by atoms with van der Waals surface area (Å²) in [4.78, 5) is 29.2. The highest BCUT2D eigenvalue weighted by molar-refractivity contribution is 8.04. The molecule has 152 valence electrons. The van der Waals surface area contributed by atoms with Gasteiger partial charge in [0.1, 0.15) is 5.75 Å². The molecule has 31 heavy (non-hydrogen) atoms. The van der Waals surface area contributed by atoms with E-state index in [1.54, 1.807) is 48.5 Å². The summed E-state index contributed by atoms with van der Waals surface area (Å²) < 4.78 is 5.50. The van der Waals surface area contributed by atoms with Gasteiger partial charge in [-0.15, -0.1) is 0 Å². The standard InChI is InChI=1S/C25H18N2O3S/c1-2-30-20-14-10-18(11-15-20)22-23(31-21-6-4-3-5-7-21)25(29)27(24(22)28)19-12-8-17(16-26)9-13-19/h3-15H,2H2,1H3. The Morgan fingerprint density at radius 3 is 2.19 bits per heavy atom. The summed E-state index contributed by atoms with van der Waals surface area (Å²) in [6.45, 7) is 2.45. The molecule has 3 aromatic rings. The zero-order chi connectivity index (χ0) is 21.8. The molecule has 0 radical (unpaired) electrons. The molecule has 1 heterocycles. The first-order valence-corrected chi connectivity index (χ1v) is 10.5. The first-order valence-electron chi connectivity index (χ1n) is 9.71. The third-order valence-corrected chi connectivity index (χ3v) is 5.80. The van der Waals surface area contributed by atoms with E-state index in [9.17, 15) is 9.59 Å². The molecule has 6 heteroatoms. The molecule has 0 fully saturated rings. The quantitative estimate of drug-likeness (QED) is 0.517. The molecule has 0 aliphatic carbocycles. The van der Waals surface area contributed by atoms with Crippen molar-refractivity contribution in [2.24, 2.45) is 0 Å². The van der Waals surface area contributed by atoms with Gasteiger partial charge >= 0.3 is 0 Å². The van der Waals surface area contributed by atoms with E-state index in [1.807, 2.05) is 43.3 Å². The zero-order valence-electron chi connectivity index (χ0n) is 16.7. The number of benzene rings is 3. The molecule has 1 aliphatic rings. The van der Waals surface area contributed by atoms with Gasteiger partial charge in [0.25, 0.3) is 11.8 Å². The molecule has 0 aromatic heterocycles. The number of ether oxygens (including phenoxy) is 1. The van der Waals surface area contributed by atoms with Crippen molar-refractivity contribution in [3.63, 3.8) is 0 Å². The Morgan fingerprint density at radius 1 is 0.903 bits per heavy atom. The number of thioether (sulfide) groups is 1. The van der Waals surface area contributed by atoms with E-state index in [4.69, 9.17) is 10.00 Å². The molecular weight excluding hydrogens is 408 g/mol. The molecule has 0 bridgehead atoms. The van der Waals surface area contributed by atoms with Crippen LogP contribution in [-0.4, -0.2) is 18.4 Å². The minimum atomic E-state index is -0.391. The highest BCUT2D eigenvalue weighted by atomic mass is 32.2. The molecule has 3 aromatic carbocycles.